The van der Waals surface area contributed by atoms with Crippen LogP contribution in [0.15, 0.2) is 11.8 Å². The first-order valence-corrected chi connectivity index (χ1v) is 5.73. The quantitative estimate of drug-likeness (QED) is 0.653. The number of rotatable bonds is 7. The van der Waals surface area contributed by atoms with Crippen LogP contribution in [0, 0.1) is 5.92 Å². The summed E-state index contributed by atoms with van der Waals surface area (Å²) >= 11 is 0. The summed E-state index contributed by atoms with van der Waals surface area (Å²) in [5.74, 6) is 0.936. The summed E-state index contributed by atoms with van der Waals surface area (Å²) in [6.07, 6.45) is 4.34. The molecular weight excluding hydrogens is 190 g/mol. The number of carbonyl (C=O) groups excluding carboxylic acids is 1. The summed E-state index contributed by atoms with van der Waals surface area (Å²) in [6.45, 7) is 6.74. The van der Waals surface area contributed by atoms with Crippen LogP contribution < -0.4 is 5.32 Å². The van der Waals surface area contributed by atoms with Crippen molar-refractivity contribution in [3.8, 4) is 0 Å². The Hall–Kier alpha value is -0.830. The van der Waals surface area contributed by atoms with Crippen molar-refractivity contribution in [2.45, 2.75) is 33.1 Å². The van der Waals surface area contributed by atoms with Gasteiger partial charge in [-0.15, -0.1) is 0 Å². The van der Waals surface area contributed by atoms with Crippen molar-refractivity contribution >= 4 is 5.78 Å². The third-order valence-corrected chi connectivity index (χ3v) is 2.41. The fourth-order valence-electron chi connectivity index (χ4n) is 1.44. The zero-order valence-corrected chi connectivity index (χ0v) is 9.71. The van der Waals surface area contributed by atoms with Gasteiger partial charge in [-0.3, -0.25) is 4.79 Å². The number of ketones is 1. The van der Waals surface area contributed by atoms with Crippen LogP contribution in [-0.2, 0) is 9.53 Å². The van der Waals surface area contributed by atoms with Gasteiger partial charge in [0.1, 0.15) is 0 Å². The molecular formula is C12H21NO2. The van der Waals surface area contributed by atoms with E-state index in [1.165, 1.54) is 0 Å². The van der Waals surface area contributed by atoms with Gasteiger partial charge in [-0.2, -0.15) is 0 Å². The van der Waals surface area contributed by atoms with Gasteiger partial charge in [0.25, 0.3) is 0 Å². The van der Waals surface area contributed by atoms with Crippen LogP contribution in [0.25, 0.3) is 0 Å². The lowest BCUT2D eigenvalue weighted by Gasteiger charge is -2.08. The van der Waals surface area contributed by atoms with E-state index in [1.54, 1.807) is 6.08 Å². The van der Waals surface area contributed by atoms with Crippen LogP contribution in [0.3, 0.4) is 0 Å². The van der Waals surface area contributed by atoms with Crippen LogP contribution in [0.1, 0.15) is 33.1 Å². The van der Waals surface area contributed by atoms with Crippen LogP contribution in [0.2, 0.25) is 0 Å². The normalized spacial score (nSPS) is 15.9. The van der Waals surface area contributed by atoms with Crippen molar-refractivity contribution in [2.75, 3.05) is 19.8 Å². The molecule has 0 unspecified atom stereocenters. The van der Waals surface area contributed by atoms with Crippen LogP contribution in [0.4, 0.5) is 0 Å². The van der Waals surface area contributed by atoms with Crippen molar-refractivity contribution in [1.29, 1.82) is 0 Å². The van der Waals surface area contributed by atoms with Gasteiger partial charge < -0.3 is 10.1 Å². The molecule has 3 heteroatoms. The predicted molar refractivity (Wildman–Crippen MR) is 60.6 cm³/mol. The Morgan fingerprint density at radius 1 is 1.40 bits per heavy atom. The number of carbonyl (C=O) groups is 1. The third-order valence-electron chi connectivity index (χ3n) is 2.41. The maximum Gasteiger partial charge on any atom is 0.157 e. The molecule has 0 radical (unpaired) electrons. The van der Waals surface area contributed by atoms with Crippen LogP contribution in [-0.4, -0.2) is 25.5 Å². The Kier molecular flexibility index (Phi) is 5.40. The van der Waals surface area contributed by atoms with Crippen LogP contribution >= 0.6 is 0 Å². The Morgan fingerprint density at radius 3 is 2.80 bits per heavy atom. The number of hydrogen-bond donors (Lipinski definition) is 1. The van der Waals surface area contributed by atoms with Crippen LogP contribution in [0.5, 0.6) is 0 Å². The molecule has 0 aromatic heterocycles. The largest absolute Gasteiger partial charge is 0.386 e. The first-order valence-electron chi connectivity index (χ1n) is 5.73. The Labute approximate surface area is 91.9 Å². The standard InChI is InChI=1S/C12H21NO2/c1-10(2)5-7-15-8-6-13-11-3-4-12(14)9-11/h9-10,13H,3-8H2,1-2H3. The van der Waals surface area contributed by atoms with Gasteiger partial charge in [-0.25, -0.2) is 0 Å². The molecule has 0 aromatic carbocycles. The van der Waals surface area contributed by atoms with E-state index in [4.69, 9.17) is 4.74 Å². The zero-order chi connectivity index (χ0) is 11.1. The smallest absolute Gasteiger partial charge is 0.157 e. The molecule has 3 nitrogen and oxygen atoms in total. The third kappa shape index (κ3) is 5.57. The maximum atomic E-state index is 10.9. The summed E-state index contributed by atoms with van der Waals surface area (Å²) in [7, 11) is 0. The molecule has 1 rings (SSSR count). The fraction of sp³-hybridized carbons (Fsp3) is 0.750. The van der Waals surface area contributed by atoms with E-state index < -0.39 is 0 Å². The SMILES string of the molecule is CC(C)CCOCCNC1=CC(=O)CC1. The lowest BCUT2D eigenvalue weighted by atomic mass is 10.1. The Balaban J connectivity index is 1.93. The van der Waals surface area contributed by atoms with E-state index in [-0.39, 0.29) is 5.78 Å². The molecule has 15 heavy (non-hydrogen) atoms. The molecule has 0 bridgehead atoms. The monoisotopic (exact) mass is 211 g/mol. The summed E-state index contributed by atoms with van der Waals surface area (Å²) in [4.78, 5) is 10.9. The van der Waals surface area contributed by atoms with Crippen molar-refractivity contribution < 1.29 is 9.53 Å². The van der Waals surface area contributed by atoms with E-state index >= 15 is 0 Å². The molecule has 0 heterocycles. The van der Waals surface area contributed by atoms with Gasteiger partial charge in [-0.05, 0) is 18.8 Å². The van der Waals surface area contributed by atoms with E-state index in [2.05, 4.69) is 19.2 Å². The van der Waals surface area contributed by atoms with Gasteiger partial charge in [0, 0.05) is 31.3 Å². The number of hydrogen-bond acceptors (Lipinski definition) is 3. The first-order chi connectivity index (χ1) is 7.18. The van der Waals surface area contributed by atoms with E-state index in [0.29, 0.717) is 12.3 Å². The summed E-state index contributed by atoms with van der Waals surface area (Å²) in [5.41, 5.74) is 1.06. The first kappa shape index (κ1) is 12.2. The molecule has 0 saturated heterocycles. The van der Waals surface area contributed by atoms with Gasteiger partial charge in [0.15, 0.2) is 5.78 Å². The number of allylic oxidation sites excluding steroid dienone is 2. The Bertz CT molecular complexity index is 234. The second kappa shape index (κ2) is 6.62. The number of nitrogens with one attached hydrogen (secondary N) is 1. The molecule has 0 saturated carbocycles. The Morgan fingerprint density at radius 2 is 2.20 bits per heavy atom. The minimum absolute atomic E-state index is 0.234. The second-order valence-corrected chi connectivity index (χ2v) is 4.36. The summed E-state index contributed by atoms with van der Waals surface area (Å²) in [6, 6.07) is 0. The van der Waals surface area contributed by atoms with E-state index in [1.807, 2.05) is 0 Å². The van der Waals surface area contributed by atoms with Gasteiger partial charge in [0.2, 0.25) is 0 Å². The highest BCUT2D eigenvalue weighted by molar-refractivity contribution is 5.92. The molecule has 0 atom stereocenters. The molecule has 1 aliphatic carbocycles. The predicted octanol–water partition coefficient (Wildman–Crippen LogP) is 1.89. The van der Waals surface area contributed by atoms with Gasteiger partial charge >= 0.3 is 0 Å². The highest BCUT2D eigenvalue weighted by atomic mass is 16.5. The lowest BCUT2D eigenvalue weighted by Crippen LogP contribution is -2.18. The molecule has 0 fully saturated rings. The minimum atomic E-state index is 0.234. The van der Waals surface area contributed by atoms with E-state index in [0.717, 1.165) is 38.3 Å². The average Bonchev–Trinajstić information content (AvgIpc) is 2.57. The molecule has 0 aromatic rings. The highest BCUT2D eigenvalue weighted by Gasteiger charge is 2.10. The summed E-state index contributed by atoms with van der Waals surface area (Å²) < 4.78 is 5.46. The average molecular weight is 211 g/mol. The van der Waals surface area contributed by atoms with Crippen molar-refractivity contribution in [3.63, 3.8) is 0 Å². The molecule has 0 amide bonds. The van der Waals surface area contributed by atoms with E-state index in [9.17, 15) is 4.79 Å². The van der Waals surface area contributed by atoms with Gasteiger partial charge in [0.05, 0.1) is 6.61 Å². The second-order valence-electron chi connectivity index (χ2n) is 4.36. The fourth-order valence-corrected chi connectivity index (χ4v) is 1.44. The number of ether oxygens (including phenoxy) is 1. The molecule has 1 aliphatic rings. The maximum absolute atomic E-state index is 10.9. The summed E-state index contributed by atoms with van der Waals surface area (Å²) in [5, 5.41) is 3.22. The van der Waals surface area contributed by atoms with Crippen molar-refractivity contribution in [1.82, 2.24) is 5.32 Å². The van der Waals surface area contributed by atoms with Crippen molar-refractivity contribution in [2.24, 2.45) is 5.92 Å². The minimum Gasteiger partial charge on any atom is -0.386 e. The molecule has 1 N–H and O–H groups in total. The van der Waals surface area contributed by atoms with Crippen molar-refractivity contribution in [3.05, 3.63) is 11.8 Å². The van der Waals surface area contributed by atoms with Gasteiger partial charge in [-0.1, -0.05) is 13.8 Å². The zero-order valence-electron chi connectivity index (χ0n) is 9.71. The highest BCUT2D eigenvalue weighted by Crippen LogP contribution is 2.10. The lowest BCUT2D eigenvalue weighted by molar-refractivity contribution is -0.114. The topological polar surface area (TPSA) is 38.3 Å². The molecule has 0 spiro atoms. The molecule has 0 aliphatic heterocycles. The molecule has 86 valence electrons.